The van der Waals surface area contributed by atoms with Crippen LogP contribution in [0.4, 0.5) is 0 Å². The monoisotopic (exact) mass is 288 g/mol. The van der Waals surface area contributed by atoms with E-state index in [-0.39, 0.29) is 6.10 Å². The highest BCUT2D eigenvalue weighted by Gasteiger charge is 2.25. The first-order valence-electron chi connectivity index (χ1n) is 7.06. The van der Waals surface area contributed by atoms with E-state index in [0.29, 0.717) is 6.04 Å². The highest BCUT2D eigenvalue weighted by molar-refractivity contribution is 7.09. The minimum absolute atomic E-state index is 0.180. The van der Waals surface area contributed by atoms with E-state index in [1.165, 1.54) is 16.0 Å². The summed E-state index contributed by atoms with van der Waals surface area (Å²) in [6, 6.07) is 8.94. The van der Waals surface area contributed by atoms with Gasteiger partial charge in [0.25, 0.3) is 0 Å². The molecule has 0 spiro atoms. The molecule has 4 heteroatoms. The van der Waals surface area contributed by atoms with E-state index in [4.69, 9.17) is 4.74 Å². The molecule has 3 rings (SSSR count). The van der Waals surface area contributed by atoms with E-state index in [1.54, 1.807) is 11.3 Å². The third-order valence-corrected chi connectivity index (χ3v) is 5.03. The Kier molecular flexibility index (Phi) is 4.15. The lowest BCUT2D eigenvalue weighted by atomic mass is 9.93. The number of fused-ring (bicyclic) bond motifs is 1. The topological polar surface area (TPSA) is 34.1 Å². The number of hydrogen-bond acceptors (Lipinski definition) is 4. The standard InChI is InChI=1S/C16H20N2OS/c1-11-16(20-10-18-11)14(17-2)9-15-13-6-4-3-5-12(13)7-8-19-15/h3-6,10,14-15,17H,7-9H2,1-2H3. The molecule has 0 amide bonds. The summed E-state index contributed by atoms with van der Waals surface area (Å²) in [5, 5.41) is 3.41. The average molecular weight is 288 g/mol. The van der Waals surface area contributed by atoms with Crippen molar-refractivity contribution in [3.8, 4) is 0 Å². The Labute approximate surface area is 124 Å². The van der Waals surface area contributed by atoms with Crippen molar-refractivity contribution in [2.75, 3.05) is 13.7 Å². The number of aryl methyl sites for hydroxylation is 1. The molecule has 2 atom stereocenters. The van der Waals surface area contributed by atoms with Crippen LogP contribution in [0.1, 0.15) is 40.3 Å². The first-order valence-corrected chi connectivity index (χ1v) is 7.94. The van der Waals surface area contributed by atoms with Gasteiger partial charge in [-0.2, -0.15) is 0 Å². The zero-order valence-corrected chi connectivity index (χ0v) is 12.7. The van der Waals surface area contributed by atoms with Crippen LogP contribution in [0.3, 0.4) is 0 Å². The predicted molar refractivity (Wildman–Crippen MR) is 82.1 cm³/mol. The molecular formula is C16H20N2OS. The Balaban J connectivity index is 1.82. The van der Waals surface area contributed by atoms with E-state index < -0.39 is 0 Å². The summed E-state index contributed by atoms with van der Waals surface area (Å²) >= 11 is 1.72. The largest absolute Gasteiger partial charge is 0.373 e. The first kappa shape index (κ1) is 13.7. The van der Waals surface area contributed by atoms with Crippen molar-refractivity contribution in [3.63, 3.8) is 0 Å². The summed E-state index contributed by atoms with van der Waals surface area (Å²) in [6.45, 7) is 2.89. The van der Waals surface area contributed by atoms with Crippen molar-refractivity contribution >= 4 is 11.3 Å². The Hall–Kier alpha value is -1.23. The van der Waals surface area contributed by atoms with Gasteiger partial charge < -0.3 is 10.1 Å². The van der Waals surface area contributed by atoms with Crippen LogP contribution in [-0.4, -0.2) is 18.6 Å². The number of nitrogens with zero attached hydrogens (tertiary/aromatic N) is 1. The lowest BCUT2D eigenvalue weighted by Gasteiger charge is -2.29. The number of benzene rings is 1. The molecule has 3 nitrogen and oxygen atoms in total. The molecule has 2 heterocycles. The molecule has 1 N–H and O–H groups in total. The summed E-state index contributed by atoms with van der Waals surface area (Å²) in [5.41, 5.74) is 5.82. The van der Waals surface area contributed by atoms with Crippen molar-refractivity contribution < 1.29 is 4.74 Å². The van der Waals surface area contributed by atoms with Crippen molar-refractivity contribution in [1.29, 1.82) is 0 Å². The summed E-state index contributed by atoms with van der Waals surface area (Å²) in [6.07, 6.45) is 2.16. The Morgan fingerprint density at radius 3 is 3.05 bits per heavy atom. The quantitative estimate of drug-likeness (QED) is 0.936. The maximum Gasteiger partial charge on any atom is 0.0846 e. The molecule has 0 radical (unpaired) electrons. The Morgan fingerprint density at radius 2 is 2.30 bits per heavy atom. The molecule has 1 aromatic heterocycles. The van der Waals surface area contributed by atoms with Gasteiger partial charge in [-0.3, -0.25) is 0 Å². The summed E-state index contributed by atoms with van der Waals surface area (Å²) in [7, 11) is 2.01. The number of ether oxygens (including phenoxy) is 1. The number of thiazole rings is 1. The summed E-state index contributed by atoms with van der Waals surface area (Å²) < 4.78 is 6.02. The minimum atomic E-state index is 0.180. The number of aromatic nitrogens is 1. The molecule has 1 aliphatic rings. The van der Waals surface area contributed by atoms with E-state index in [1.807, 2.05) is 12.6 Å². The van der Waals surface area contributed by atoms with Gasteiger partial charge in [0.05, 0.1) is 23.9 Å². The lowest BCUT2D eigenvalue weighted by Crippen LogP contribution is -2.23. The van der Waals surface area contributed by atoms with Crippen LogP contribution in [0.25, 0.3) is 0 Å². The third kappa shape index (κ3) is 2.64. The van der Waals surface area contributed by atoms with Gasteiger partial charge in [-0.05, 0) is 37.9 Å². The van der Waals surface area contributed by atoms with E-state index in [9.17, 15) is 0 Å². The van der Waals surface area contributed by atoms with Gasteiger partial charge in [0.1, 0.15) is 0 Å². The first-order chi connectivity index (χ1) is 9.79. The fourth-order valence-electron chi connectivity index (χ4n) is 2.89. The van der Waals surface area contributed by atoms with Crippen LogP contribution in [0, 0.1) is 6.92 Å². The van der Waals surface area contributed by atoms with Gasteiger partial charge in [0.15, 0.2) is 0 Å². The zero-order chi connectivity index (χ0) is 13.9. The number of nitrogens with one attached hydrogen (secondary N) is 1. The highest BCUT2D eigenvalue weighted by atomic mass is 32.1. The fourth-order valence-corrected chi connectivity index (χ4v) is 3.81. The second kappa shape index (κ2) is 6.04. The smallest absolute Gasteiger partial charge is 0.0846 e. The number of hydrogen-bond donors (Lipinski definition) is 1. The van der Waals surface area contributed by atoms with Crippen molar-refractivity contribution in [2.45, 2.75) is 31.9 Å². The van der Waals surface area contributed by atoms with Crippen LogP contribution in [0.5, 0.6) is 0 Å². The molecule has 2 aromatic rings. The lowest BCUT2D eigenvalue weighted by molar-refractivity contribution is 0.0300. The molecule has 20 heavy (non-hydrogen) atoms. The van der Waals surface area contributed by atoms with Crippen LogP contribution >= 0.6 is 11.3 Å². The number of rotatable bonds is 4. The van der Waals surface area contributed by atoms with Crippen LogP contribution < -0.4 is 5.32 Å². The molecular weight excluding hydrogens is 268 g/mol. The Bertz CT molecular complexity index is 581. The molecule has 0 aliphatic carbocycles. The molecule has 0 saturated heterocycles. The zero-order valence-electron chi connectivity index (χ0n) is 11.9. The second-order valence-corrected chi connectivity index (χ2v) is 6.07. The van der Waals surface area contributed by atoms with Gasteiger partial charge in [-0.15, -0.1) is 11.3 Å². The highest BCUT2D eigenvalue weighted by Crippen LogP contribution is 2.35. The maximum atomic E-state index is 6.02. The van der Waals surface area contributed by atoms with Crippen molar-refractivity contribution in [1.82, 2.24) is 10.3 Å². The third-order valence-electron chi connectivity index (χ3n) is 3.99. The predicted octanol–water partition coefficient (Wildman–Crippen LogP) is 3.42. The van der Waals surface area contributed by atoms with Crippen molar-refractivity contribution in [3.05, 3.63) is 51.5 Å². The van der Waals surface area contributed by atoms with Gasteiger partial charge in [-0.25, -0.2) is 4.98 Å². The van der Waals surface area contributed by atoms with E-state index in [0.717, 1.165) is 25.1 Å². The molecule has 0 fully saturated rings. The van der Waals surface area contributed by atoms with Gasteiger partial charge in [-0.1, -0.05) is 24.3 Å². The minimum Gasteiger partial charge on any atom is -0.373 e. The van der Waals surface area contributed by atoms with Gasteiger partial charge in [0, 0.05) is 10.9 Å². The molecule has 1 aromatic carbocycles. The van der Waals surface area contributed by atoms with Gasteiger partial charge in [0.2, 0.25) is 0 Å². The normalized spacial score (nSPS) is 19.6. The molecule has 0 bridgehead atoms. The average Bonchev–Trinajstić information content (AvgIpc) is 2.91. The molecule has 106 valence electrons. The molecule has 0 saturated carbocycles. The van der Waals surface area contributed by atoms with Crippen LogP contribution in [-0.2, 0) is 11.2 Å². The second-order valence-electron chi connectivity index (χ2n) is 5.19. The van der Waals surface area contributed by atoms with E-state index >= 15 is 0 Å². The SMILES string of the molecule is CNC(CC1OCCc2ccccc21)c1scnc1C. The molecule has 2 unspecified atom stereocenters. The Morgan fingerprint density at radius 1 is 1.45 bits per heavy atom. The fraction of sp³-hybridized carbons (Fsp3) is 0.438. The van der Waals surface area contributed by atoms with Crippen molar-refractivity contribution in [2.24, 2.45) is 0 Å². The van der Waals surface area contributed by atoms with Crippen LogP contribution in [0.15, 0.2) is 29.8 Å². The maximum absolute atomic E-state index is 6.02. The van der Waals surface area contributed by atoms with Crippen LogP contribution in [0.2, 0.25) is 0 Å². The van der Waals surface area contributed by atoms with E-state index in [2.05, 4.69) is 41.5 Å². The summed E-state index contributed by atoms with van der Waals surface area (Å²) in [4.78, 5) is 5.68. The van der Waals surface area contributed by atoms with Gasteiger partial charge >= 0.3 is 0 Å². The summed E-state index contributed by atoms with van der Waals surface area (Å²) in [5.74, 6) is 0. The molecule has 1 aliphatic heterocycles.